The number of carbonyl (C=O) groups excluding carboxylic acids is 1. The van der Waals surface area contributed by atoms with Gasteiger partial charge in [0.25, 0.3) is 0 Å². The number of pyridine rings is 2. The monoisotopic (exact) mass is 607 g/mol. The molecule has 2 aromatic carbocycles. The Labute approximate surface area is 256 Å². The van der Waals surface area contributed by atoms with Crippen molar-refractivity contribution in [2.24, 2.45) is 11.7 Å². The van der Waals surface area contributed by atoms with Crippen molar-refractivity contribution in [3.05, 3.63) is 129 Å². The van der Waals surface area contributed by atoms with Crippen LogP contribution in [-0.4, -0.2) is 33.4 Å². The van der Waals surface area contributed by atoms with Crippen LogP contribution < -0.4 is 16.4 Å². The van der Waals surface area contributed by atoms with Gasteiger partial charge >= 0.3 is 5.97 Å². The van der Waals surface area contributed by atoms with Crippen LogP contribution in [0, 0.1) is 5.92 Å². The van der Waals surface area contributed by atoms with E-state index in [0.717, 1.165) is 22.5 Å². The summed E-state index contributed by atoms with van der Waals surface area (Å²) >= 11 is 11.5. The molecule has 0 aliphatic heterocycles. The van der Waals surface area contributed by atoms with Crippen molar-refractivity contribution in [2.45, 2.75) is 39.0 Å². The SMILES string of the molecule is NCc1cccc(Cl)c1Cl.O=C(O)[C@@H](CCCNCc1ccccn1)C(=O)c1ccc(CNCc2ccccn2)cc1. The number of benzene rings is 2. The molecule has 2 heterocycles. The Hall–Kier alpha value is -3.66. The summed E-state index contributed by atoms with van der Waals surface area (Å²) < 4.78 is 0. The number of hydrogen-bond donors (Lipinski definition) is 4. The Balaban J connectivity index is 0.000000408. The Bertz CT molecular complexity index is 1390. The highest BCUT2D eigenvalue weighted by molar-refractivity contribution is 6.42. The topological polar surface area (TPSA) is 130 Å². The number of ketones is 1. The van der Waals surface area contributed by atoms with Crippen LogP contribution in [-0.2, 0) is 31.0 Å². The van der Waals surface area contributed by atoms with Gasteiger partial charge in [0, 0.05) is 44.1 Å². The minimum atomic E-state index is -1.08. The maximum absolute atomic E-state index is 12.7. The fourth-order valence-corrected chi connectivity index (χ4v) is 4.45. The number of carboxylic acids is 1. The zero-order valence-electron chi connectivity index (χ0n) is 23.2. The van der Waals surface area contributed by atoms with Crippen molar-refractivity contribution in [3.8, 4) is 0 Å². The van der Waals surface area contributed by atoms with Crippen molar-refractivity contribution >= 4 is 35.0 Å². The molecule has 0 aliphatic carbocycles. The molecule has 8 nitrogen and oxygen atoms in total. The van der Waals surface area contributed by atoms with E-state index in [1.807, 2.05) is 60.7 Å². The molecule has 2 aromatic heterocycles. The first-order valence-corrected chi connectivity index (χ1v) is 14.3. The Morgan fingerprint density at radius 1 is 0.810 bits per heavy atom. The highest BCUT2D eigenvalue weighted by atomic mass is 35.5. The minimum Gasteiger partial charge on any atom is -0.481 e. The van der Waals surface area contributed by atoms with Crippen molar-refractivity contribution in [3.63, 3.8) is 0 Å². The molecule has 0 unspecified atom stereocenters. The van der Waals surface area contributed by atoms with Gasteiger partial charge in [-0.2, -0.15) is 0 Å². The van der Waals surface area contributed by atoms with Crippen LogP contribution in [0.4, 0.5) is 0 Å². The number of hydrogen-bond acceptors (Lipinski definition) is 7. The normalized spacial score (nSPS) is 11.3. The van der Waals surface area contributed by atoms with Crippen molar-refractivity contribution in [1.29, 1.82) is 0 Å². The summed E-state index contributed by atoms with van der Waals surface area (Å²) in [5.41, 5.74) is 9.58. The maximum atomic E-state index is 12.7. The highest BCUT2D eigenvalue weighted by Crippen LogP contribution is 2.24. The quantitative estimate of drug-likeness (QED) is 0.0819. The van der Waals surface area contributed by atoms with Crippen LogP contribution in [0.2, 0.25) is 10.0 Å². The van der Waals surface area contributed by atoms with E-state index in [-0.39, 0.29) is 12.2 Å². The van der Waals surface area contributed by atoms with Gasteiger partial charge in [-0.3, -0.25) is 19.6 Å². The molecule has 0 amide bonds. The minimum absolute atomic E-state index is 0.288. The zero-order valence-corrected chi connectivity index (χ0v) is 24.7. The summed E-state index contributed by atoms with van der Waals surface area (Å²) in [4.78, 5) is 32.9. The number of carboxylic acid groups (broad SMARTS) is 1. The number of nitrogens with two attached hydrogens (primary N) is 1. The van der Waals surface area contributed by atoms with E-state index >= 15 is 0 Å². The average Bonchev–Trinajstić information content (AvgIpc) is 3.01. The molecule has 5 N–H and O–H groups in total. The van der Waals surface area contributed by atoms with E-state index in [9.17, 15) is 14.7 Å². The third-order valence-corrected chi connectivity index (χ3v) is 7.20. The van der Waals surface area contributed by atoms with Crippen LogP contribution in [0.3, 0.4) is 0 Å². The number of halogens is 2. The fraction of sp³-hybridized carbons (Fsp3) is 0.250. The van der Waals surface area contributed by atoms with Crippen LogP contribution in [0.15, 0.2) is 91.3 Å². The number of aliphatic carboxylic acids is 1. The molecule has 0 saturated heterocycles. The number of aromatic nitrogens is 2. The lowest BCUT2D eigenvalue weighted by Gasteiger charge is -2.12. The molecule has 0 bridgehead atoms. The average molecular weight is 609 g/mol. The number of Topliss-reactive ketones (excluding diaryl/α,β-unsaturated/α-hetero) is 1. The molecule has 4 rings (SSSR count). The van der Waals surface area contributed by atoms with Crippen LogP contribution in [0.25, 0.3) is 0 Å². The third kappa shape index (κ3) is 11.0. The van der Waals surface area contributed by atoms with Gasteiger partial charge < -0.3 is 21.5 Å². The van der Waals surface area contributed by atoms with Gasteiger partial charge in [0.2, 0.25) is 0 Å². The standard InChI is InChI=1S/C25H28N4O3.C7H7Cl2N/c30-24(23(25(31)32)8-5-13-26-17-21-6-1-3-14-28-21)20-11-9-19(10-12-20)16-27-18-22-7-2-4-15-29-22;8-6-3-1-2-5(4-10)7(6)9/h1-4,6-7,9-12,14-15,23,26-27H,5,8,13,16-18H2,(H,31,32);1-3H,4,10H2/t23-;/m0./s1. The number of nitrogens with zero attached hydrogens (tertiary/aromatic N) is 2. The number of carbonyl (C=O) groups is 2. The molecule has 0 aliphatic rings. The van der Waals surface area contributed by atoms with Crippen LogP contribution >= 0.6 is 23.2 Å². The second kappa shape index (κ2) is 18.0. The van der Waals surface area contributed by atoms with E-state index in [4.69, 9.17) is 28.9 Å². The molecule has 0 saturated carbocycles. The lowest BCUT2D eigenvalue weighted by atomic mass is 9.93. The van der Waals surface area contributed by atoms with Gasteiger partial charge in [-0.25, -0.2) is 0 Å². The molecule has 1 atom stereocenters. The van der Waals surface area contributed by atoms with Gasteiger partial charge in [-0.1, -0.05) is 71.7 Å². The lowest BCUT2D eigenvalue weighted by molar-refractivity contribution is -0.140. The van der Waals surface area contributed by atoms with E-state index in [1.54, 1.807) is 30.6 Å². The summed E-state index contributed by atoms with van der Waals surface area (Å²) in [5.74, 6) is -2.48. The summed E-state index contributed by atoms with van der Waals surface area (Å²) in [6.45, 7) is 2.95. The van der Waals surface area contributed by atoms with E-state index < -0.39 is 11.9 Å². The molecular formula is C32H35Cl2N5O3. The second-order valence-corrected chi connectivity index (χ2v) is 10.2. The van der Waals surface area contributed by atoms with Gasteiger partial charge in [0.1, 0.15) is 5.92 Å². The van der Waals surface area contributed by atoms with Crippen molar-refractivity contribution in [2.75, 3.05) is 6.54 Å². The molecule has 220 valence electrons. The zero-order chi connectivity index (χ0) is 30.2. The molecule has 4 aromatic rings. The summed E-state index contributed by atoms with van der Waals surface area (Å²) in [5, 5.41) is 17.2. The Morgan fingerprint density at radius 3 is 2.00 bits per heavy atom. The van der Waals surface area contributed by atoms with Crippen LogP contribution in [0.1, 0.15) is 45.7 Å². The largest absolute Gasteiger partial charge is 0.481 e. The van der Waals surface area contributed by atoms with Gasteiger partial charge in [-0.15, -0.1) is 0 Å². The highest BCUT2D eigenvalue weighted by Gasteiger charge is 2.26. The van der Waals surface area contributed by atoms with E-state index in [1.165, 1.54) is 0 Å². The first-order chi connectivity index (χ1) is 20.4. The molecule has 0 fully saturated rings. The third-order valence-electron chi connectivity index (χ3n) is 6.34. The summed E-state index contributed by atoms with van der Waals surface area (Å²) in [6.07, 6.45) is 4.37. The number of rotatable bonds is 14. The van der Waals surface area contributed by atoms with Crippen molar-refractivity contribution in [1.82, 2.24) is 20.6 Å². The summed E-state index contributed by atoms with van der Waals surface area (Å²) in [6, 6.07) is 24.0. The van der Waals surface area contributed by atoms with Crippen LogP contribution in [0.5, 0.6) is 0 Å². The number of nitrogens with one attached hydrogen (secondary N) is 2. The van der Waals surface area contributed by atoms with E-state index in [0.29, 0.717) is 54.8 Å². The molecule has 42 heavy (non-hydrogen) atoms. The van der Waals surface area contributed by atoms with Gasteiger partial charge in [0.05, 0.1) is 21.4 Å². The first-order valence-electron chi connectivity index (χ1n) is 13.6. The Morgan fingerprint density at radius 2 is 1.45 bits per heavy atom. The molecule has 0 radical (unpaired) electrons. The Kier molecular flexibility index (Phi) is 14.1. The molecule has 10 heteroatoms. The van der Waals surface area contributed by atoms with Gasteiger partial charge in [0.15, 0.2) is 5.78 Å². The van der Waals surface area contributed by atoms with Gasteiger partial charge in [-0.05, 0) is 60.8 Å². The maximum Gasteiger partial charge on any atom is 0.314 e. The van der Waals surface area contributed by atoms with E-state index in [2.05, 4.69) is 20.6 Å². The first kappa shape index (κ1) is 32.8. The molecule has 0 spiro atoms. The second-order valence-electron chi connectivity index (χ2n) is 9.43. The lowest BCUT2D eigenvalue weighted by Crippen LogP contribution is -2.25. The van der Waals surface area contributed by atoms with Crippen molar-refractivity contribution < 1.29 is 14.7 Å². The summed E-state index contributed by atoms with van der Waals surface area (Å²) in [7, 11) is 0. The smallest absolute Gasteiger partial charge is 0.314 e. The molecular weight excluding hydrogens is 573 g/mol. The fourth-order valence-electron chi connectivity index (χ4n) is 4.05. The predicted octanol–water partition coefficient (Wildman–Crippen LogP) is 5.67. The predicted molar refractivity (Wildman–Crippen MR) is 166 cm³/mol.